The number of piperidine rings is 1. The lowest BCUT2D eigenvalue weighted by molar-refractivity contribution is -0.126. The zero-order valence-corrected chi connectivity index (χ0v) is 14.0. The molecule has 1 N–H and O–H groups in total. The molecule has 1 saturated heterocycles. The summed E-state index contributed by atoms with van der Waals surface area (Å²) in [5.74, 6) is 1.95. The zero-order valence-electron chi connectivity index (χ0n) is 14.0. The van der Waals surface area contributed by atoms with E-state index < -0.39 is 0 Å². The van der Waals surface area contributed by atoms with E-state index in [1.807, 2.05) is 0 Å². The fourth-order valence-electron chi connectivity index (χ4n) is 2.84. The van der Waals surface area contributed by atoms with Crippen LogP contribution in [0.1, 0.15) is 46.5 Å². The Morgan fingerprint density at radius 1 is 1.27 bits per heavy atom. The lowest BCUT2D eigenvalue weighted by Crippen LogP contribution is -2.43. The predicted octanol–water partition coefficient (Wildman–Crippen LogP) is 2.63. The third-order valence-corrected chi connectivity index (χ3v) is 4.30. The van der Waals surface area contributed by atoms with Gasteiger partial charge in [-0.1, -0.05) is 13.8 Å². The second kappa shape index (κ2) is 8.11. The topological polar surface area (TPSA) is 58.1 Å². The fourth-order valence-corrected chi connectivity index (χ4v) is 2.84. The maximum absolute atomic E-state index is 12.3. The Labute approximate surface area is 133 Å². The number of hydrogen-bond acceptors (Lipinski definition) is 4. The van der Waals surface area contributed by atoms with Crippen LogP contribution in [-0.4, -0.2) is 35.0 Å². The van der Waals surface area contributed by atoms with E-state index in [9.17, 15) is 4.79 Å². The molecule has 0 spiro atoms. The molecule has 122 valence electrons. The Morgan fingerprint density at radius 2 is 2.00 bits per heavy atom. The third-order valence-electron chi connectivity index (χ3n) is 4.30. The molecule has 2 rings (SSSR count). The van der Waals surface area contributed by atoms with Crippen molar-refractivity contribution < 1.29 is 4.79 Å². The molecule has 1 fully saturated rings. The molecule has 1 amide bonds. The van der Waals surface area contributed by atoms with Gasteiger partial charge in [0.25, 0.3) is 0 Å². The number of rotatable bonds is 6. The Morgan fingerprint density at radius 3 is 2.59 bits per heavy atom. The zero-order chi connectivity index (χ0) is 15.9. The molecule has 1 atom stereocenters. The van der Waals surface area contributed by atoms with E-state index in [-0.39, 0.29) is 17.9 Å². The minimum Gasteiger partial charge on any atom is -0.355 e. The van der Waals surface area contributed by atoms with E-state index in [1.54, 1.807) is 18.6 Å². The van der Waals surface area contributed by atoms with Crippen molar-refractivity contribution in [2.45, 2.75) is 52.5 Å². The van der Waals surface area contributed by atoms with Gasteiger partial charge in [0.05, 0.1) is 6.20 Å². The maximum Gasteiger partial charge on any atom is 0.223 e. The van der Waals surface area contributed by atoms with Crippen molar-refractivity contribution in [1.82, 2.24) is 15.3 Å². The van der Waals surface area contributed by atoms with Crippen LogP contribution in [0.3, 0.4) is 0 Å². The van der Waals surface area contributed by atoms with Crippen molar-refractivity contribution in [2.24, 2.45) is 11.8 Å². The minimum atomic E-state index is 0.134. The average molecular weight is 304 g/mol. The van der Waals surface area contributed by atoms with Gasteiger partial charge in [0, 0.05) is 37.4 Å². The van der Waals surface area contributed by atoms with Gasteiger partial charge in [0.15, 0.2) is 0 Å². The number of carbonyl (C=O) groups is 1. The Hall–Kier alpha value is -1.65. The molecule has 1 aromatic heterocycles. The monoisotopic (exact) mass is 304 g/mol. The highest BCUT2D eigenvalue weighted by Gasteiger charge is 2.26. The van der Waals surface area contributed by atoms with E-state index in [2.05, 4.69) is 41.0 Å². The van der Waals surface area contributed by atoms with Crippen molar-refractivity contribution in [2.75, 3.05) is 18.0 Å². The summed E-state index contributed by atoms with van der Waals surface area (Å²) in [6, 6.07) is 0.271. The highest BCUT2D eigenvalue weighted by atomic mass is 16.1. The molecule has 0 bridgehead atoms. The van der Waals surface area contributed by atoms with Crippen molar-refractivity contribution in [3.05, 3.63) is 18.6 Å². The molecule has 0 radical (unpaired) electrons. The third kappa shape index (κ3) is 4.97. The number of nitrogens with zero attached hydrogens (tertiary/aromatic N) is 3. The van der Waals surface area contributed by atoms with Crippen molar-refractivity contribution in [3.63, 3.8) is 0 Å². The first-order valence-corrected chi connectivity index (χ1v) is 8.37. The summed E-state index contributed by atoms with van der Waals surface area (Å²) in [7, 11) is 0. The van der Waals surface area contributed by atoms with Crippen LogP contribution in [-0.2, 0) is 4.79 Å². The van der Waals surface area contributed by atoms with Crippen molar-refractivity contribution in [1.29, 1.82) is 0 Å². The fraction of sp³-hybridized carbons (Fsp3) is 0.706. The van der Waals surface area contributed by atoms with Crippen LogP contribution in [0.25, 0.3) is 0 Å². The molecule has 0 aromatic carbocycles. The minimum absolute atomic E-state index is 0.134. The molecule has 5 nitrogen and oxygen atoms in total. The van der Waals surface area contributed by atoms with E-state index in [0.29, 0.717) is 5.92 Å². The molecule has 1 aliphatic rings. The van der Waals surface area contributed by atoms with Gasteiger partial charge in [0.1, 0.15) is 5.82 Å². The van der Waals surface area contributed by atoms with E-state index in [4.69, 9.17) is 0 Å². The second-order valence-electron chi connectivity index (χ2n) is 6.71. The summed E-state index contributed by atoms with van der Waals surface area (Å²) in [5, 5.41) is 3.17. The van der Waals surface area contributed by atoms with Crippen LogP contribution in [0.15, 0.2) is 18.6 Å². The van der Waals surface area contributed by atoms with Gasteiger partial charge in [-0.2, -0.15) is 0 Å². The number of anilines is 1. The summed E-state index contributed by atoms with van der Waals surface area (Å²) in [6.07, 6.45) is 9.17. The molecule has 1 aliphatic heterocycles. The molecule has 0 saturated carbocycles. The predicted molar refractivity (Wildman–Crippen MR) is 88.6 cm³/mol. The Kier molecular flexibility index (Phi) is 6.16. The van der Waals surface area contributed by atoms with Crippen LogP contribution in [0.2, 0.25) is 0 Å². The van der Waals surface area contributed by atoms with Gasteiger partial charge in [-0.05, 0) is 38.5 Å². The Bertz CT molecular complexity index is 455. The van der Waals surface area contributed by atoms with Gasteiger partial charge in [-0.3, -0.25) is 9.78 Å². The smallest absolute Gasteiger partial charge is 0.223 e. The van der Waals surface area contributed by atoms with Crippen molar-refractivity contribution in [3.8, 4) is 0 Å². The maximum atomic E-state index is 12.3. The standard InChI is InChI=1S/C17H28N4O/c1-13(2)4-5-14(3)20-17(22)15-6-10-21(11-7-15)16-12-18-8-9-19-16/h8-9,12-15H,4-7,10-11H2,1-3H3,(H,20,22). The summed E-state index contributed by atoms with van der Waals surface area (Å²) in [5.41, 5.74) is 0. The molecular weight excluding hydrogens is 276 g/mol. The van der Waals surface area contributed by atoms with Gasteiger partial charge >= 0.3 is 0 Å². The van der Waals surface area contributed by atoms with Crippen LogP contribution in [0, 0.1) is 11.8 Å². The van der Waals surface area contributed by atoms with Crippen molar-refractivity contribution >= 4 is 11.7 Å². The number of hydrogen-bond donors (Lipinski definition) is 1. The van der Waals surface area contributed by atoms with E-state index in [0.717, 1.165) is 44.6 Å². The highest BCUT2D eigenvalue weighted by molar-refractivity contribution is 5.79. The molecule has 22 heavy (non-hydrogen) atoms. The number of carbonyl (C=O) groups excluding carboxylic acids is 1. The first kappa shape index (κ1) is 16.7. The first-order valence-electron chi connectivity index (χ1n) is 8.37. The van der Waals surface area contributed by atoms with E-state index >= 15 is 0 Å². The molecule has 1 aromatic rings. The SMILES string of the molecule is CC(C)CCC(C)NC(=O)C1CCN(c2cnccn2)CC1. The summed E-state index contributed by atoms with van der Waals surface area (Å²) >= 11 is 0. The van der Waals surface area contributed by atoms with Gasteiger partial charge in [-0.15, -0.1) is 0 Å². The number of amides is 1. The lowest BCUT2D eigenvalue weighted by Gasteiger charge is -2.32. The average Bonchev–Trinajstić information content (AvgIpc) is 2.54. The molecule has 1 unspecified atom stereocenters. The molecule has 2 heterocycles. The van der Waals surface area contributed by atoms with Gasteiger partial charge < -0.3 is 10.2 Å². The lowest BCUT2D eigenvalue weighted by atomic mass is 9.95. The summed E-state index contributed by atoms with van der Waals surface area (Å²) in [4.78, 5) is 23.0. The highest BCUT2D eigenvalue weighted by Crippen LogP contribution is 2.21. The van der Waals surface area contributed by atoms with Gasteiger partial charge in [-0.25, -0.2) is 4.98 Å². The van der Waals surface area contributed by atoms with Gasteiger partial charge in [0.2, 0.25) is 5.91 Å². The number of nitrogens with one attached hydrogen (secondary N) is 1. The van der Waals surface area contributed by atoms with Crippen LogP contribution < -0.4 is 10.2 Å². The van der Waals surface area contributed by atoms with E-state index in [1.165, 1.54) is 0 Å². The molecule has 5 heteroatoms. The van der Waals surface area contributed by atoms with Crippen LogP contribution in [0.4, 0.5) is 5.82 Å². The first-order chi connectivity index (χ1) is 10.6. The summed E-state index contributed by atoms with van der Waals surface area (Å²) < 4.78 is 0. The number of aromatic nitrogens is 2. The summed E-state index contributed by atoms with van der Waals surface area (Å²) in [6.45, 7) is 8.29. The quantitative estimate of drug-likeness (QED) is 0.878. The molecular formula is C17H28N4O. The largest absolute Gasteiger partial charge is 0.355 e. The van der Waals surface area contributed by atoms with Crippen LogP contribution in [0.5, 0.6) is 0 Å². The second-order valence-corrected chi connectivity index (χ2v) is 6.71. The van der Waals surface area contributed by atoms with Crippen LogP contribution >= 0.6 is 0 Å². The normalized spacial score (nSPS) is 17.5. The molecule has 0 aliphatic carbocycles. The Balaban J connectivity index is 1.75.